The van der Waals surface area contributed by atoms with Crippen LogP contribution in [0.5, 0.6) is 5.75 Å². The van der Waals surface area contributed by atoms with Gasteiger partial charge in [-0.15, -0.1) is 0 Å². The number of aryl methyl sites for hydroxylation is 2. The van der Waals surface area contributed by atoms with Gasteiger partial charge in [0.15, 0.2) is 0 Å². The predicted molar refractivity (Wildman–Crippen MR) is 103 cm³/mol. The van der Waals surface area contributed by atoms with Crippen molar-refractivity contribution in [2.75, 3.05) is 7.11 Å². The Bertz CT molecular complexity index is 969. The van der Waals surface area contributed by atoms with Crippen molar-refractivity contribution in [1.82, 2.24) is 10.3 Å². The second-order valence-corrected chi connectivity index (χ2v) is 6.33. The molecule has 0 aliphatic rings. The van der Waals surface area contributed by atoms with Crippen molar-refractivity contribution >= 4 is 5.91 Å². The van der Waals surface area contributed by atoms with E-state index in [0.717, 1.165) is 33.8 Å². The highest BCUT2D eigenvalue weighted by molar-refractivity contribution is 5.94. The van der Waals surface area contributed by atoms with Crippen molar-refractivity contribution in [2.24, 2.45) is 0 Å². The summed E-state index contributed by atoms with van der Waals surface area (Å²) in [6.45, 7) is 4.23. The molecule has 4 nitrogen and oxygen atoms in total. The zero-order chi connectivity index (χ0) is 19.4. The summed E-state index contributed by atoms with van der Waals surface area (Å²) in [5, 5.41) is 2.87. The lowest BCUT2D eigenvalue weighted by Gasteiger charge is -2.15. The van der Waals surface area contributed by atoms with Crippen LogP contribution >= 0.6 is 0 Å². The first-order valence-electron chi connectivity index (χ1n) is 8.63. The highest BCUT2D eigenvalue weighted by atomic mass is 19.1. The van der Waals surface area contributed by atoms with Gasteiger partial charge in [0.1, 0.15) is 11.6 Å². The van der Waals surface area contributed by atoms with Gasteiger partial charge in [-0.3, -0.25) is 9.78 Å². The Labute approximate surface area is 158 Å². The van der Waals surface area contributed by atoms with Gasteiger partial charge >= 0.3 is 0 Å². The monoisotopic (exact) mass is 364 g/mol. The molecule has 3 aromatic rings. The molecule has 0 fully saturated rings. The largest absolute Gasteiger partial charge is 0.497 e. The first kappa shape index (κ1) is 18.6. The summed E-state index contributed by atoms with van der Waals surface area (Å²) in [6, 6.07) is 15.3. The number of carbonyl (C=O) groups is 1. The average Bonchev–Trinajstić information content (AvgIpc) is 2.66. The van der Waals surface area contributed by atoms with E-state index in [4.69, 9.17) is 4.74 Å². The minimum absolute atomic E-state index is 0.290. The summed E-state index contributed by atoms with van der Waals surface area (Å²) in [5.41, 5.74) is 4.91. The standard InChI is InChI=1S/C22H21FN2O2/c1-14-11-15(2)25-21(16-7-9-19(27-3)10-8-16)20(14)13-24-22(26)17-5-4-6-18(23)12-17/h4-12H,13H2,1-3H3,(H,24,26). The first-order valence-corrected chi connectivity index (χ1v) is 8.63. The lowest BCUT2D eigenvalue weighted by atomic mass is 10.0. The van der Waals surface area contributed by atoms with E-state index < -0.39 is 5.82 Å². The highest BCUT2D eigenvalue weighted by Gasteiger charge is 2.13. The summed E-state index contributed by atoms with van der Waals surface area (Å²) < 4.78 is 18.6. The number of pyridine rings is 1. The van der Waals surface area contributed by atoms with E-state index in [-0.39, 0.29) is 5.91 Å². The molecule has 0 atom stereocenters. The zero-order valence-corrected chi connectivity index (χ0v) is 15.5. The van der Waals surface area contributed by atoms with Crippen LogP contribution in [0.15, 0.2) is 54.6 Å². The number of carbonyl (C=O) groups excluding carboxylic acids is 1. The summed E-state index contributed by atoms with van der Waals surface area (Å²) in [7, 11) is 1.62. The SMILES string of the molecule is COc1ccc(-c2nc(C)cc(C)c2CNC(=O)c2cccc(F)c2)cc1. The second-order valence-electron chi connectivity index (χ2n) is 6.33. The van der Waals surface area contributed by atoms with Crippen molar-refractivity contribution in [1.29, 1.82) is 0 Å². The predicted octanol–water partition coefficient (Wildman–Crippen LogP) is 4.44. The van der Waals surface area contributed by atoms with Crippen LogP contribution < -0.4 is 10.1 Å². The minimum Gasteiger partial charge on any atom is -0.497 e. The van der Waals surface area contributed by atoms with Gasteiger partial charge in [-0.1, -0.05) is 6.07 Å². The van der Waals surface area contributed by atoms with Crippen LogP contribution in [-0.2, 0) is 6.54 Å². The first-order chi connectivity index (χ1) is 13.0. The molecule has 0 unspecified atom stereocenters. The topological polar surface area (TPSA) is 51.2 Å². The van der Waals surface area contributed by atoms with Crippen molar-refractivity contribution in [3.63, 3.8) is 0 Å². The second kappa shape index (κ2) is 7.99. The van der Waals surface area contributed by atoms with E-state index in [0.29, 0.717) is 12.1 Å². The lowest BCUT2D eigenvalue weighted by molar-refractivity contribution is 0.0950. The van der Waals surface area contributed by atoms with Crippen LogP contribution in [-0.4, -0.2) is 18.0 Å². The molecule has 27 heavy (non-hydrogen) atoms. The quantitative estimate of drug-likeness (QED) is 0.728. The van der Waals surface area contributed by atoms with Gasteiger partial charge in [0, 0.05) is 28.9 Å². The Balaban J connectivity index is 1.89. The summed E-state index contributed by atoms with van der Waals surface area (Å²) in [4.78, 5) is 17.0. The van der Waals surface area contributed by atoms with Gasteiger partial charge in [0.25, 0.3) is 5.91 Å². The zero-order valence-electron chi connectivity index (χ0n) is 15.5. The van der Waals surface area contributed by atoms with E-state index in [1.54, 1.807) is 13.2 Å². The van der Waals surface area contributed by atoms with Crippen LogP contribution in [0.4, 0.5) is 4.39 Å². The number of halogens is 1. The summed E-state index contributed by atoms with van der Waals surface area (Å²) in [5.74, 6) is 0.00833. The van der Waals surface area contributed by atoms with Crippen LogP contribution in [0.25, 0.3) is 11.3 Å². The molecule has 1 amide bonds. The van der Waals surface area contributed by atoms with Crippen molar-refractivity contribution in [3.8, 4) is 17.0 Å². The van der Waals surface area contributed by atoms with Crippen LogP contribution in [0.1, 0.15) is 27.2 Å². The van der Waals surface area contributed by atoms with E-state index >= 15 is 0 Å². The number of hydrogen-bond donors (Lipinski definition) is 1. The molecule has 5 heteroatoms. The van der Waals surface area contributed by atoms with Gasteiger partial charge in [-0.05, 0) is 67.9 Å². The molecule has 0 aliphatic heterocycles. The third kappa shape index (κ3) is 4.31. The Hall–Kier alpha value is -3.21. The fourth-order valence-corrected chi connectivity index (χ4v) is 2.97. The number of methoxy groups -OCH3 is 1. The number of rotatable bonds is 5. The molecule has 1 aromatic heterocycles. The molecular formula is C22H21FN2O2. The molecule has 0 saturated heterocycles. The molecule has 1 N–H and O–H groups in total. The Kier molecular flexibility index (Phi) is 5.50. The number of hydrogen-bond acceptors (Lipinski definition) is 3. The van der Waals surface area contributed by atoms with Gasteiger partial charge in [-0.25, -0.2) is 4.39 Å². The van der Waals surface area contributed by atoms with E-state index in [1.807, 2.05) is 44.2 Å². The Morgan fingerprint density at radius 3 is 2.52 bits per heavy atom. The third-order valence-electron chi connectivity index (χ3n) is 4.35. The minimum atomic E-state index is -0.435. The fraction of sp³-hybridized carbons (Fsp3) is 0.182. The number of nitrogens with one attached hydrogen (secondary N) is 1. The van der Waals surface area contributed by atoms with Crippen LogP contribution in [0.3, 0.4) is 0 Å². The number of nitrogens with zero attached hydrogens (tertiary/aromatic N) is 1. The maximum absolute atomic E-state index is 13.3. The van der Waals surface area contributed by atoms with Gasteiger partial charge in [-0.2, -0.15) is 0 Å². The van der Waals surface area contributed by atoms with Crippen LogP contribution in [0.2, 0.25) is 0 Å². The maximum Gasteiger partial charge on any atom is 0.251 e. The average molecular weight is 364 g/mol. The van der Waals surface area contributed by atoms with Crippen LogP contribution in [0, 0.1) is 19.7 Å². The Morgan fingerprint density at radius 2 is 1.85 bits per heavy atom. The molecule has 138 valence electrons. The normalized spacial score (nSPS) is 10.5. The molecular weight excluding hydrogens is 343 g/mol. The van der Waals surface area contributed by atoms with Gasteiger partial charge in [0.2, 0.25) is 0 Å². The Morgan fingerprint density at radius 1 is 1.11 bits per heavy atom. The molecule has 0 radical (unpaired) electrons. The summed E-state index contributed by atoms with van der Waals surface area (Å²) >= 11 is 0. The molecule has 0 saturated carbocycles. The van der Waals surface area contributed by atoms with E-state index in [9.17, 15) is 9.18 Å². The molecule has 3 rings (SSSR count). The number of amides is 1. The van der Waals surface area contributed by atoms with E-state index in [2.05, 4.69) is 10.3 Å². The number of aromatic nitrogens is 1. The van der Waals surface area contributed by atoms with Gasteiger partial charge in [0.05, 0.1) is 12.8 Å². The number of ether oxygens (including phenoxy) is 1. The molecule has 2 aromatic carbocycles. The summed E-state index contributed by atoms with van der Waals surface area (Å²) in [6.07, 6.45) is 0. The van der Waals surface area contributed by atoms with Crippen molar-refractivity contribution in [2.45, 2.75) is 20.4 Å². The molecule has 0 bridgehead atoms. The fourth-order valence-electron chi connectivity index (χ4n) is 2.97. The lowest BCUT2D eigenvalue weighted by Crippen LogP contribution is -2.24. The maximum atomic E-state index is 13.3. The third-order valence-corrected chi connectivity index (χ3v) is 4.35. The highest BCUT2D eigenvalue weighted by Crippen LogP contribution is 2.27. The molecule has 0 spiro atoms. The van der Waals surface area contributed by atoms with Crippen molar-refractivity contribution < 1.29 is 13.9 Å². The smallest absolute Gasteiger partial charge is 0.251 e. The van der Waals surface area contributed by atoms with Gasteiger partial charge < -0.3 is 10.1 Å². The van der Waals surface area contributed by atoms with Crippen molar-refractivity contribution in [3.05, 3.63) is 82.8 Å². The molecule has 0 aliphatic carbocycles. The van der Waals surface area contributed by atoms with E-state index in [1.165, 1.54) is 18.2 Å². The molecule has 1 heterocycles. The number of benzene rings is 2.